The second-order valence-corrected chi connectivity index (χ2v) is 13.3. The number of halogens is 1. The van der Waals surface area contributed by atoms with E-state index in [2.05, 4.69) is 109 Å². The third kappa shape index (κ3) is 4.00. The molecular weight excluding hydrogens is 618 g/mol. The van der Waals surface area contributed by atoms with Gasteiger partial charge in [0.1, 0.15) is 11.1 Å². The predicted octanol–water partition coefficient (Wildman–Crippen LogP) is 12.7. The molecule has 0 saturated heterocycles. The number of nitrogens with zero attached hydrogens (tertiary/aromatic N) is 3. The molecule has 10 aromatic rings. The van der Waals surface area contributed by atoms with Gasteiger partial charge in [-0.25, -0.2) is 4.98 Å². The Labute approximate surface area is 279 Å². The van der Waals surface area contributed by atoms with E-state index in [0.29, 0.717) is 22.2 Å². The lowest BCUT2D eigenvalue weighted by Crippen LogP contribution is -2.01. The summed E-state index contributed by atoms with van der Waals surface area (Å²) in [5, 5.41) is 11.1. The van der Waals surface area contributed by atoms with E-state index in [1.807, 2.05) is 31.3 Å². The highest BCUT2D eigenvalue weighted by Crippen LogP contribution is 2.49. The Kier molecular flexibility index (Phi) is 6.33. The molecule has 0 bridgehead atoms. The maximum atomic E-state index is 7.08. The van der Waals surface area contributed by atoms with Gasteiger partial charge in [-0.3, -0.25) is 4.57 Å². The van der Waals surface area contributed by atoms with Crippen LogP contribution < -0.4 is 0 Å². The van der Waals surface area contributed by atoms with E-state index in [-0.39, 0.29) is 0 Å². The van der Waals surface area contributed by atoms with Gasteiger partial charge in [0.05, 0.1) is 15.7 Å². The number of aromatic nitrogens is 3. The molecule has 6 heteroatoms. The van der Waals surface area contributed by atoms with Crippen LogP contribution in [0, 0.1) is 6.92 Å². The summed E-state index contributed by atoms with van der Waals surface area (Å²) in [5.74, 6) is 0.607. The van der Waals surface area contributed by atoms with Gasteiger partial charge < -0.3 is 4.42 Å². The Hall–Kier alpha value is -4.97. The van der Waals surface area contributed by atoms with Crippen LogP contribution in [0.4, 0.5) is 0 Å². The summed E-state index contributed by atoms with van der Waals surface area (Å²) in [6.45, 7) is 8.26. The van der Waals surface area contributed by atoms with Gasteiger partial charge in [0.2, 0.25) is 5.71 Å². The standard InChI is InChI=1S/C39H24ClN3OS.C2H6/c1-3-21-13-15-29-27(17-21)32-24-10-6-7-11-25(24)33-28-18-22-8-4-5-9-23(22)19-31(28)45-36(33)35(32)43(29)38-37(40)42-39-34(41-38)26-14-12-20(2)16-30(26)44-39;1-2/h4-19H,3H2,1-2H3;1-2H3. The summed E-state index contributed by atoms with van der Waals surface area (Å²) in [6.07, 6.45) is 0.950. The number of hydrogen-bond donors (Lipinski definition) is 0. The molecule has 6 aromatic carbocycles. The van der Waals surface area contributed by atoms with E-state index in [9.17, 15) is 0 Å². The summed E-state index contributed by atoms with van der Waals surface area (Å²) >= 11 is 8.92. The van der Waals surface area contributed by atoms with Crippen molar-refractivity contribution in [2.75, 3.05) is 0 Å². The molecule has 47 heavy (non-hydrogen) atoms. The van der Waals surface area contributed by atoms with E-state index in [4.69, 9.17) is 26.0 Å². The summed E-state index contributed by atoms with van der Waals surface area (Å²) in [6, 6.07) is 35.0. The van der Waals surface area contributed by atoms with Gasteiger partial charge in [-0.05, 0) is 82.4 Å². The molecule has 0 fully saturated rings. The molecule has 0 N–H and O–H groups in total. The van der Waals surface area contributed by atoms with Crippen molar-refractivity contribution in [2.24, 2.45) is 0 Å². The van der Waals surface area contributed by atoms with Gasteiger partial charge >= 0.3 is 0 Å². The minimum Gasteiger partial charge on any atom is -0.436 e. The maximum Gasteiger partial charge on any atom is 0.247 e. The van der Waals surface area contributed by atoms with Crippen LogP contribution in [0.25, 0.3) is 91.5 Å². The van der Waals surface area contributed by atoms with Crippen molar-refractivity contribution in [3.8, 4) is 5.82 Å². The molecule has 4 aromatic heterocycles. The molecule has 0 atom stereocenters. The fourth-order valence-corrected chi connectivity index (χ4v) is 8.69. The van der Waals surface area contributed by atoms with Crippen molar-refractivity contribution < 1.29 is 4.42 Å². The lowest BCUT2D eigenvalue weighted by Gasteiger charge is -2.10. The first-order valence-corrected chi connectivity index (χ1v) is 17.4. The van der Waals surface area contributed by atoms with Crippen molar-refractivity contribution in [1.82, 2.24) is 14.5 Å². The average Bonchev–Trinajstić information content (AvgIpc) is 3.76. The molecular formula is C41H30ClN3OS. The topological polar surface area (TPSA) is 43.9 Å². The quantitative estimate of drug-likeness (QED) is 0.187. The summed E-state index contributed by atoms with van der Waals surface area (Å²) < 4.78 is 10.9. The van der Waals surface area contributed by atoms with Gasteiger partial charge in [-0.2, -0.15) is 4.98 Å². The van der Waals surface area contributed by atoms with Crippen LogP contribution in [0.5, 0.6) is 0 Å². The Morgan fingerprint density at radius 2 is 1.49 bits per heavy atom. The Morgan fingerprint density at radius 3 is 2.28 bits per heavy atom. The number of benzene rings is 6. The Bertz CT molecular complexity index is 2890. The van der Waals surface area contributed by atoms with Crippen LogP contribution in [0.15, 0.2) is 101 Å². The zero-order valence-corrected chi connectivity index (χ0v) is 28.1. The number of hydrogen-bond acceptors (Lipinski definition) is 4. The van der Waals surface area contributed by atoms with E-state index in [1.54, 1.807) is 0 Å². The number of aryl methyl sites for hydroxylation is 2. The second-order valence-electron chi connectivity index (χ2n) is 11.9. The first-order valence-electron chi connectivity index (χ1n) is 16.2. The minimum atomic E-state index is 0.310. The number of rotatable bonds is 2. The third-order valence-electron chi connectivity index (χ3n) is 9.29. The van der Waals surface area contributed by atoms with Crippen molar-refractivity contribution in [1.29, 1.82) is 0 Å². The Morgan fingerprint density at radius 1 is 0.745 bits per heavy atom. The van der Waals surface area contributed by atoms with Crippen LogP contribution in [0.3, 0.4) is 0 Å². The van der Waals surface area contributed by atoms with Crippen LogP contribution >= 0.6 is 22.9 Å². The molecule has 0 spiro atoms. The van der Waals surface area contributed by atoms with Gasteiger partial charge in [0, 0.05) is 31.6 Å². The number of fused-ring (bicyclic) bond motifs is 14. The van der Waals surface area contributed by atoms with E-state index < -0.39 is 0 Å². The molecule has 0 saturated carbocycles. The van der Waals surface area contributed by atoms with E-state index >= 15 is 0 Å². The first kappa shape index (κ1) is 28.3. The van der Waals surface area contributed by atoms with Gasteiger partial charge in [0.25, 0.3) is 0 Å². The van der Waals surface area contributed by atoms with Crippen LogP contribution in [0.2, 0.25) is 5.15 Å². The molecule has 10 rings (SSSR count). The Balaban J connectivity index is 0.00000149. The van der Waals surface area contributed by atoms with Gasteiger partial charge in [0.15, 0.2) is 11.0 Å². The highest BCUT2D eigenvalue weighted by atomic mass is 35.5. The van der Waals surface area contributed by atoms with Gasteiger partial charge in [-0.15, -0.1) is 11.3 Å². The zero-order valence-electron chi connectivity index (χ0n) is 26.5. The predicted molar refractivity (Wildman–Crippen MR) is 202 cm³/mol. The highest BCUT2D eigenvalue weighted by Gasteiger charge is 2.25. The molecule has 0 aliphatic heterocycles. The largest absolute Gasteiger partial charge is 0.436 e. The van der Waals surface area contributed by atoms with Crippen LogP contribution in [0.1, 0.15) is 31.9 Å². The lowest BCUT2D eigenvalue weighted by molar-refractivity contribution is 0.652. The number of thiophene rings is 1. The van der Waals surface area contributed by atoms with Crippen LogP contribution in [-0.4, -0.2) is 14.5 Å². The molecule has 0 aliphatic carbocycles. The molecule has 4 heterocycles. The molecule has 228 valence electrons. The highest BCUT2D eigenvalue weighted by molar-refractivity contribution is 7.27. The van der Waals surface area contributed by atoms with Crippen molar-refractivity contribution in [2.45, 2.75) is 34.1 Å². The summed E-state index contributed by atoms with van der Waals surface area (Å²) in [7, 11) is 0. The smallest absolute Gasteiger partial charge is 0.247 e. The second kappa shape index (κ2) is 10.5. The molecule has 4 nitrogen and oxygen atoms in total. The zero-order chi connectivity index (χ0) is 32.0. The monoisotopic (exact) mass is 647 g/mol. The molecule has 0 radical (unpaired) electrons. The van der Waals surface area contributed by atoms with Crippen molar-refractivity contribution >= 4 is 109 Å². The SMILES string of the molecule is CC.CCc1ccc2c(c1)c1c3ccccc3c3c4cc5ccccc5cc4sc3c1n2-c1nc2c(nc1Cl)oc1cc(C)ccc12. The maximum absolute atomic E-state index is 7.08. The third-order valence-corrected chi connectivity index (χ3v) is 10.7. The van der Waals surface area contributed by atoms with E-state index in [1.165, 1.54) is 58.1 Å². The first-order chi connectivity index (χ1) is 23.1. The van der Waals surface area contributed by atoms with Crippen molar-refractivity contribution in [3.05, 3.63) is 113 Å². The normalized spacial score (nSPS) is 12.0. The fourth-order valence-electron chi connectivity index (χ4n) is 7.20. The molecule has 0 unspecified atom stereocenters. The fraction of sp³-hybridized carbons (Fsp3) is 0.122. The van der Waals surface area contributed by atoms with Crippen molar-refractivity contribution in [3.63, 3.8) is 0 Å². The van der Waals surface area contributed by atoms with E-state index in [0.717, 1.165) is 34.0 Å². The summed E-state index contributed by atoms with van der Waals surface area (Å²) in [5.41, 5.74) is 6.49. The minimum absolute atomic E-state index is 0.310. The molecule has 0 amide bonds. The average molecular weight is 648 g/mol. The number of furan rings is 1. The van der Waals surface area contributed by atoms with Gasteiger partial charge in [-0.1, -0.05) is 93.0 Å². The summed E-state index contributed by atoms with van der Waals surface area (Å²) in [4.78, 5) is 10.0. The van der Waals surface area contributed by atoms with Crippen LogP contribution in [-0.2, 0) is 6.42 Å². The molecule has 0 aliphatic rings. The lowest BCUT2D eigenvalue weighted by atomic mass is 9.97.